The third-order valence-electron chi connectivity index (χ3n) is 19.4. The lowest BCUT2D eigenvalue weighted by molar-refractivity contribution is 0.654. The van der Waals surface area contributed by atoms with Crippen LogP contribution >= 0.6 is 0 Å². The predicted octanol–water partition coefficient (Wildman–Crippen LogP) is 22.6. The Morgan fingerprint density at radius 2 is 0.617 bits per heavy atom. The molecule has 0 atom stereocenters. The van der Waals surface area contributed by atoms with Gasteiger partial charge in [0.2, 0.25) is 11.4 Å². The molecule has 21 rings (SSSR count). The van der Waals surface area contributed by atoms with Gasteiger partial charge < -0.3 is 17.7 Å². The third kappa shape index (κ3) is 7.24. The van der Waals surface area contributed by atoms with Gasteiger partial charge >= 0.3 is 0 Å². The van der Waals surface area contributed by atoms with Gasteiger partial charge in [-0.15, -0.1) is 0 Å². The average molecular weight is 1200 g/mol. The maximum absolute atomic E-state index is 7.01. The van der Waals surface area contributed by atoms with Crippen molar-refractivity contribution in [2.75, 3.05) is 0 Å². The Labute approximate surface area is 532 Å². The van der Waals surface area contributed by atoms with Gasteiger partial charge in [-0.2, -0.15) is 0 Å². The number of hydrogen-bond donors (Lipinski definition) is 0. The monoisotopic (exact) mass is 1200 g/mol. The van der Waals surface area contributed by atoms with Crippen molar-refractivity contribution < 1.29 is 17.7 Å². The fraction of sp³-hybridized carbons (Fsp3) is 0. The molecule has 10 nitrogen and oxygen atoms in total. The summed E-state index contributed by atoms with van der Waals surface area (Å²) >= 11 is 0. The maximum atomic E-state index is 7.01. The summed E-state index contributed by atoms with van der Waals surface area (Å²) in [6.07, 6.45) is 11.3. The Balaban J connectivity index is 0.659. The summed E-state index contributed by atoms with van der Waals surface area (Å²) in [6, 6.07) is 81.0. The highest BCUT2D eigenvalue weighted by Gasteiger charge is 2.27. The Morgan fingerprint density at radius 1 is 0.213 bits per heavy atom. The van der Waals surface area contributed by atoms with Gasteiger partial charge in [0, 0.05) is 103 Å². The van der Waals surface area contributed by atoms with Gasteiger partial charge in [0.05, 0.1) is 10.8 Å². The van der Waals surface area contributed by atoms with Crippen molar-refractivity contribution in [3.05, 3.63) is 268 Å². The van der Waals surface area contributed by atoms with Crippen LogP contribution in [-0.2, 0) is 0 Å². The average Bonchev–Trinajstić information content (AvgIpc) is 1.32. The maximum Gasteiger partial charge on any atom is 0.229 e. The standard InChI is InChI=1S/C84H44N6O4/c1-4-14-54-47(11-1)31-32-65-73-79(91-77(54)65)55(33-37-85-73)48-25-21-45(22-26-48)46-23-27-49(28-24-46)56-34-38-86-74-68-42-66(57-15-5-10-20-62(57)78(68)92-80(56)74)50-29-30-52-44-90-84-72(67(52)41-50)76-82(94-84)64(36-40-88-76)70-60-18-8-6-16-58(60)69(59-17-7-9-19-61(59)70)63-35-39-87-75-71-53-13-3-2-12-51(53)43-89-83(71)93-81(63)75/h1-44H. The Morgan fingerprint density at radius 3 is 1.19 bits per heavy atom. The van der Waals surface area contributed by atoms with E-state index in [1.54, 1.807) is 0 Å². The molecule has 10 heterocycles. The van der Waals surface area contributed by atoms with Gasteiger partial charge in [0.15, 0.2) is 22.3 Å². The van der Waals surface area contributed by atoms with E-state index in [0.717, 1.165) is 197 Å². The van der Waals surface area contributed by atoms with Crippen LogP contribution < -0.4 is 0 Å². The number of furan rings is 4. The van der Waals surface area contributed by atoms with E-state index in [9.17, 15) is 0 Å². The molecular formula is C84H44N6O4. The second-order valence-electron chi connectivity index (χ2n) is 24.3. The number of rotatable bonds is 6. The van der Waals surface area contributed by atoms with Crippen LogP contribution in [0.15, 0.2) is 285 Å². The number of hydrogen-bond acceptors (Lipinski definition) is 10. The van der Waals surface area contributed by atoms with Crippen LogP contribution in [0, 0.1) is 0 Å². The topological polar surface area (TPSA) is 130 Å². The first-order valence-corrected chi connectivity index (χ1v) is 31.3. The van der Waals surface area contributed by atoms with Crippen molar-refractivity contribution >= 4 is 153 Å². The Kier molecular flexibility index (Phi) is 10.4. The van der Waals surface area contributed by atoms with Crippen molar-refractivity contribution in [3.8, 4) is 66.8 Å². The lowest BCUT2D eigenvalue weighted by Gasteiger charge is -2.17. The Hall–Kier alpha value is -12.9. The van der Waals surface area contributed by atoms with Crippen LogP contribution in [-0.4, -0.2) is 29.9 Å². The summed E-state index contributed by atoms with van der Waals surface area (Å²) in [5, 5.41) is 16.3. The highest BCUT2D eigenvalue weighted by atomic mass is 16.3. The molecule has 21 aromatic rings. The molecule has 0 unspecified atom stereocenters. The normalized spacial score (nSPS) is 12.3. The van der Waals surface area contributed by atoms with Crippen LogP contribution in [0.25, 0.3) is 220 Å². The van der Waals surface area contributed by atoms with Crippen LogP contribution in [0.4, 0.5) is 0 Å². The van der Waals surface area contributed by atoms with Crippen LogP contribution in [0.5, 0.6) is 0 Å². The smallest absolute Gasteiger partial charge is 0.229 e. The molecule has 0 amide bonds. The Bertz CT molecular complexity index is 6800. The summed E-state index contributed by atoms with van der Waals surface area (Å²) < 4.78 is 27.4. The van der Waals surface area contributed by atoms with Crippen molar-refractivity contribution in [1.29, 1.82) is 0 Å². The molecule has 0 spiro atoms. The molecule has 94 heavy (non-hydrogen) atoms. The molecule has 10 aromatic heterocycles. The minimum absolute atomic E-state index is 0.513. The number of aromatic nitrogens is 6. The van der Waals surface area contributed by atoms with E-state index in [1.165, 1.54) is 0 Å². The zero-order chi connectivity index (χ0) is 61.3. The van der Waals surface area contributed by atoms with Crippen molar-refractivity contribution in [2.45, 2.75) is 0 Å². The van der Waals surface area contributed by atoms with Crippen molar-refractivity contribution in [3.63, 3.8) is 0 Å². The molecule has 11 aromatic carbocycles. The van der Waals surface area contributed by atoms with Gasteiger partial charge in [0.25, 0.3) is 0 Å². The molecule has 0 saturated heterocycles. The van der Waals surface area contributed by atoms with E-state index in [0.29, 0.717) is 22.6 Å². The zero-order valence-corrected chi connectivity index (χ0v) is 49.7. The van der Waals surface area contributed by atoms with Crippen molar-refractivity contribution in [1.82, 2.24) is 29.9 Å². The summed E-state index contributed by atoms with van der Waals surface area (Å²) in [5.74, 6) is 0. The quantitative estimate of drug-likeness (QED) is 0.148. The van der Waals surface area contributed by atoms with E-state index < -0.39 is 0 Å². The lowest BCUT2D eigenvalue weighted by Crippen LogP contribution is -1.92. The largest absolute Gasteiger partial charge is 0.453 e. The molecule has 0 aliphatic rings. The summed E-state index contributed by atoms with van der Waals surface area (Å²) in [4.78, 5) is 29.6. The fourth-order valence-electron chi connectivity index (χ4n) is 15.1. The van der Waals surface area contributed by atoms with Gasteiger partial charge in [-0.3, -0.25) is 19.9 Å². The number of pyridine rings is 6. The summed E-state index contributed by atoms with van der Waals surface area (Å²) in [7, 11) is 0. The minimum atomic E-state index is 0.513. The highest BCUT2D eigenvalue weighted by molar-refractivity contribution is 6.28. The first-order chi connectivity index (χ1) is 46.6. The molecule has 0 aliphatic carbocycles. The zero-order valence-electron chi connectivity index (χ0n) is 49.7. The van der Waals surface area contributed by atoms with Crippen LogP contribution in [0.3, 0.4) is 0 Å². The molecule has 0 N–H and O–H groups in total. The van der Waals surface area contributed by atoms with E-state index in [-0.39, 0.29) is 0 Å². The van der Waals surface area contributed by atoms with Gasteiger partial charge in [0.1, 0.15) is 33.2 Å². The highest BCUT2D eigenvalue weighted by Crippen LogP contribution is 2.50. The fourth-order valence-corrected chi connectivity index (χ4v) is 15.1. The van der Waals surface area contributed by atoms with Gasteiger partial charge in [-0.1, -0.05) is 188 Å². The molecule has 0 fully saturated rings. The molecule has 0 saturated carbocycles. The second-order valence-corrected chi connectivity index (χ2v) is 24.3. The molecule has 10 heteroatoms. The molecule has 0 bridgehead atoms. The van der Waals surface area contributed by atoms with Crippen molar-refractivity contribution in [2.24, 2.45) is 0 Å². The van der Waals surface area contributed by atoms with E-state index >= 15 is 0 Å². The van der Waals surface area contributed by atoms with E-state index in [1.807, 2.05) is 67.5 Å². The van der Waals surface area contributed by atoms with Gasteiger partial charge in [-0.05, 0) is 119 Å². The molecule has 0 aliphatic heterocycles. The van der Waals surface area contributed by atoms with Crippen LogP contribution in [0.2, 0.25) is 0 Å². The number of fused-ring (bicyclic) bond motifs is 22. The second kappa shape index (κ2) is 19.3. The van der Waals surface area contributed by atoms with E-state index in [2.05, 4.69) is 200 Å². The molecule has 0 radical (unpaired) electrons. The SMILES string of the molecule is c1ccc2c(c1)ccc1c3nccc(-c4ccc(-c5ccc(-c6ccnc7c6oc6c8ccccc8c(-c8ccc9cnc%10oc%11c(-c%12c%13ccccc%13c(-c%13ccnc%14c%13oc%13ncc%15ccccc%15c%13%14)c%13ccccc%12%13)ccnc%11c%10c9c8)cc76)cc5)cc4)c3oc21. The molecular weight excluding hydrogens is 1160 g/mol. The summed E-state index contributed by atoms with van der Waals surface area (Å²) in [5.41, 5.74) is 21.1. The first-order valence-electron chi connectivity index (χ1n) is 31.3. The minimum Gasteiger partial charge on any atom is -0.453 e. The lowest BCUT2D eigenvalue weighted by atomic mass is 9.86. The van der Waals surface area contributed by atoms with Crippen LogP contribution in [0.1, 0.15) is 0 Å². The summed E-state index contributed by atoms with van der Waals surface area (Å²) in [6.45, 7) is 0. The van der Waals surface area contributed by atoms with Gasteiger partial charge in [-0.25, -0.2) is 9.97 Å². The van der Waals surface area contributed by atoms with E-state index in [4.69, 9.17) is 47.6 Å². The third-order valence-corrected chi connectivity index (χ3v) is 19.4. The number of nitrogens with zero attached hydrogens (tertiary/aromatic N) is 6. The number of benzene rings is 11. The predicted molar refractivity (Wildman–Crippen MR) is 380 cm³/mol. The first kappa shape index (κ1) is 50.9. The molecule has 434 valence electrons.